The number of aromatic nitrogens is 3. The quantitative estimate of drug-likeness (QED) is 0.281. The first-order valence-corrected chi connectivity index (χ1v) is 14.8. The number of carbonyl (C=O) groups excluding carboxylic acids is 1. The average molecular weight is 574 g/mol. The van der Waals surface area contributed by atoms with Crippen molar-refractivity contribution in [2.75, 3.05) is 7.11 Å². The van der Waals surface area contributed by atoms with Gasteiger partial charge in [-0.3, -0.25) is 4.79 Å². The fraction of sp³-hybridized carbons (Fsp3) is 0.290. The topological polar surface area (TPSA) is 103 Å². The van der Waals surface area contributed by atoms with Crippen molar-refractivity contribution in [3.63, 3.8) is 0 Å². The Bertz CT molecular complexity index is 1970. The van der Waals surface area contributed by atoms with Crippen molar-refractivity contribution in [2.24, 2.45) is 5.41 Å². The molecule has 3 aliphatic carbocycles. The largest absolute Gasteiger partial charge is 0.469 e. The molecule has 0 spiro atoms. The molecule has 3 aromatic carbocycles. The van der Waals surface area contributed by atoms with E-state index in [0.29, 0.717) is 41.5 Å². The molecule has 1 N–H and O–H groups in total. The van der Waals surface area contributed by atoms with Crippen molar-refractivity contribution in [3.8, 4) is 5.69 Å². The van der Waals surface area contributed by atoms with Crippen LogP contribution in [0.3, 0.4) is 0 Å². The van der Waals surface area contributed by atoms with Crippen LogP contribution in [-0.2, 0) is 30.6 Å². The van der Waals surface area contributed by atoms with Gasteiger partial charge in [-0.25, -0.2) is 4.39 Å². The maximum absolute atomic E-state index is 14.0. The molecule has 210 valence electrons. The number of fused-ring (bicyclic) bond motifs is 2. The smallest absolute Gasteiger partial charge is 0.311 e. The van der Waals surface area contributed by atoms with Crippen LogP contribution in [0.25, 0.3) is 27.5 Å². The number of ether oxygens (including phenoxy) is 1. The second kappa shape index (κ2) is 8.27. The van der Waals surface area contributed by atoms with Gasteiger partial charge in [-0.05, 0) is 87.2 Å². The lowest BCUT2D eigenvalue weighted by molar-refractivity contribution is -0.198. The second-order valence-electron chi connectivity index (χ2n) is 11.9. The minimum atomic E-state index is -3.99. The van der Waals surface area contributed by atoms with Gasteiger partial charge in [0.25, 0.3) is 10.0 Å². The van der Waals surface area contributed by atoms with Gasteiger partial charge in [-0.1, -0.05) is 18.2 Å². The van der Waals surface area contributed by atoms with Gasteiger partial charge in [0.2, 0.25) is 0 Å². The minimum Gasteiger partial charge on any atom is -0.469 e. The monoisotopic (exact) mass is 573 g/mol. The zero-order valence-electron chi connectivity index (χ0n) is 22.8. The number of carbonyl (C=O) groups is 1. The summed E-state index contributed by atoms with van der Waals surface area (Å²) in [6.07, 6.45) is 3.21. The predicted molar refractivity (Wildman–Crippen MR) is 151 cm³/mol. The molecule has 0 radical (unpaired) electrons. The van der Waals surface area contributed by atoms with Crippen LogP contribution >= 0.6 is 0 Å². The molecule has 8 nitrogen and oxygen atoms in total. The highest BCUT2D eigenvalue weighted by Crippen LogP contribution is 2.75. The first-order chi connectivity index (χ1) is 19.4. The van der Waals surface area contributed by atoms with Gasteiger partial charge in [-0.2, -0.15) is 17.6 Å². The molecule has 3 fully saturated rings. The molecular weight excluding hydrogens is 545 g/mol. The van der Waals surface area contributed by atoms with Crippen LogP contribution in [0, 0.1) is 11.2 Å². The highest BCUT2D eigenvalue weighted by molar-refractivity contribution is 7.90. The van der Waals surface area contributed by atoms with Gasteiger partial charge in [-0.15, -0.1) is 0 Å². The zero-order chi connectivity index (χ0) is 28.9. The number of hydrogen-bond donors (Lipinski definition) is 1. The van der Waals surface area contributed by atoms with E-state index in [4.69, 9.17) is 4.74 Å². The molecule has 2 heterocycles. The molecule has 5 aromatic rings. The minimum absolute atomic E-state index is 0.117. The third kappa shape index (κ3) is 3.50. The van der Waals surface area contributed by atoms with Crippen LogP contribution in [0.1, 0.15) is 44.4 Å². The Labute approximate surface area is 236 Å². The van der Waals surface area contributed by atoms with Crippen molar-refractivity contribution in [3.05, 3.63) is 90.0 Å². The van der Waals surface area contributed by atoms with Crippen LogP contribution in [0.15, 0.2) is 77.8 Å². The number of hydrogen-bond acceptors (Lipinski definition) is 6. The Morgan fingerprint density at radius 3 is 2.29 bits per heavy atom. The third-order valence-electron chi connectivity index (χ3n) is 8.74. The molecule has 0 aliphatic heterocycles. The third-order valence-corrected chi connectivity index (χ3v) is 10.3. The van der Waals surface area contributed by atoms with E-state index < -0.39 is 26.5 Å². The van der Waals surface area contributed by atoms with Crippen LogP contribution in [0.4, 0.5) is 4.39 Å². The maximum Gasteiger partial charge on any atom is 0.311 e. The van der Waals surface area contributed by atoms with E-state index in [1.54, 1.807) is 44.2 Å². The summed E-state index contributed by atoms with van der Waals surface area (Å²) in [5.41, 5.74) is 0.989. The standard InChI is InChI=1S/C31H28FN3O5S/c1-29(2,37)27-26(30-16-31(17-30,18-30)28(36)40-3)23-14-24-19(13-25(23)34(27)21-11-9-20(32)10-12-21)15-33-35(24)41(38,39)22-7-5-4-6-8-22/h4-15,37H,16-18H2,1-3H3. The summed E-state index contributed by atoms with van der Waals surface area (Å²) >= 11 is 0. The van der Waals surface area contributed by atoms with Gasteiger partial charge in [0.15, 0.2) is 0 Å². The van der Waals surface area contributed by atoms with Crippen LogP contribution in [-0.4, -0.2) is 40.4 Å². The molecule has 41 heavy (non-hydrogen) atoms. The average Bonchev–Trinajstić information content (AvgIpc) is 3.46. The molecule has 2 aromatic heterocycles. The van der Waals surface area contributed by atoms with E-state index >= 15 is 0 Å². The lowest BCUT2D eigenvalue weighted by Gasteiger charge is -2.69. The van der Waals surface area contributed by atoms with E-state index in [-0.39, 0.29) is 16.7 Å². The number of benzene rings is 3. The molecule has 2 bridgehead atoms. The first kappa shape index (κ1) is 25.9. The fourth-order valence-corrected chi connectivity index (χ4v) is 8.42. The van der Waals surface area contributed by atoms with Crippen LogP contribution in [0.2, 0.25) is 0 Å². The number of halogens is 1. The molecule has 3 saturated carbocycles. The summed E-state index contributed by atoms with van der Waals surface area (Å²) in [5, 5.41) is 17.2. The van der Waals surface area contributed by atoms with Crippen molar-refractivity contribution < 1.29 is 27.4 Å². The fourth-order valence-electron chi connectivity index (χ4n) is 7.13. The van der Waals surface area contributed by atoms with Crippen LogP contribution in [0.5, 0.6) is 0 Å². The van der Waals surface area contributed by atoms with Gasteiger partial charge in [0.1, 0.15) is 5.82 Å². The maximum atomic E-state index is 14.0. The van der Waals surface area contributed by atoms with E-state index in [9.17, 15) is 22.7 Å². The van der Waals surface area contributed by atoms with Gasteiger partial charge in [0.05, 0.1) is 45.9 Å². The predicted octanol–water partition coefficient (Wildman–Crippen LogP) is 5.18. The second-order valence-corrected chi connectivity index (χ2v) is 13.7. The van der Waals surface area contributed by atoms with E-state index in [1.165, 1.54) is 37.6 Å². The van der Waals surface area contributed by atoms with Gasteiger partial charge in [0, 0.05) is 21.9 Å². The zero-order valence-corrected chi connectivity index (χ0v) is 23.6. The molecule has 0 saturated heterocycles. The Hall–Kier alpha value is -4.02. The SMILES string of the molecule is COC(=O)C12CC(c3c(C(C)(C)O)n(-c4ccc(F)cc4)c4cc5cnn(S(=O)(=O)c6ccccc6)c5cc34)(C1)C2. The van der Waals surface area contributed by atoms with E-state index in [2.05, 4.69) is 5.10 Å². The Kier molecular flexibility index (Phi) is 5.22. The normalized spacial score (nSPS) is 22.0. The van der Waals surface area contributed by atoms with Gasteiger partial charge >= 0.3 is 5.97 Å². The number of methoxy groups -OCH3 is 1. The number of nitrogens with zero attached hydrogens (tertiary/aromatic N) is 3. The van der Waals surface area contributed by atoms with Crippen molar-refractivity contribution in [2.45, 2.75) is 49.0 Å². The molecule has 0 atom stereocenters. The van der Waals surface area contributed by atoms with Crippen molar-refractivity contribution in [1.29, 1.82) is 0 Å². The lowest BCUT2D eigenvalue weighted by atomic mass is 9.33. The summed E-state index contributed by atoms with van der Waals surface area (Å²) in [5.74, 6) is -0.620. The first-order valence-electron chi connectivity index (χ1n) is 13.3. The number of esters is 1. The number of rotatable bonds is 6. The van der Waals surface area contributed by atoms with Crippen molar-refractivity contribution in [1.82, 2.24) is 13.8 Å². The lowest BCUT2D eigenvalue weighted by Crippen LogP contribution is -2.68. The van der Waals surface area contributed by atoms with Crippen LogP contribution < -0.4 is 0 Å². The molecular formula is C31H28FN3O5S. The Morgan fingerprint density at radius 2 is 1.68 bits per heavy atom. The Morgan fingerprint density at radius 1 is 1.02 bits per heavy atom. The van der Waals surface area contributed by atoms with E-state index in [0.717, 1.165) is 20.6 Å². The summed E-state index contributed by atoms with van der Waals surface area (Å²) in [6, 6.07) is 17.8. The molecule has 10 heteroatoms. The molecule has 3 aliphatic rings. The highest BCUT2D eigenvalue weighted by atomic mass is 32.2. The van der Waals surface area contributed by atoms with Crippen molar-refractivity contribution >= 4 is 37.8 Å². The Balaban J connectivity index is 1.54. The number of aliphatic hydroxyl groups is 1. The summed E-state index contributed by atoms with van der Waals surface area (Å²) in [4.78, 5) is 12.7. The van der Waals surface area contributed by atoms with E-state index in [1.807, 2.05) is 16.7 Å². The molecule has 0 amide bonds. The molecule has 8 rings (SSSR count). The highest BCUT2D eigenvalue weighted by Gasteiger charge is 2.74. The van der Waals surface area contributed by atoms with Gasteiger partial charge < -0.3 is 14.4 Å². The summed E-state index contributed by atoms with van der Waals surface area (Å²) in [7, 11) is -2.60. The molecule has 0 unspecified atom stereocenters. The summed E-state index contributed by atoms with van der Waals surface area (Å²) < 4.78 is 49.2. The summed E-state index contributed by atoms with van der Waals surface area (Å²) in [6.45, 7) is 3.40.